The summed E-state index contributed by atoms with van der Waals surface area (Å²) in [4.78, 5) is 12.6. The van der Waals surface area contributed by atoms with Gasteiger partial charge in [-0.05, 0) is 48.4 Å². The number of carbonyl (C=O) groups excluding carboxylic acids is 1. The lowest BCUT2D eigenvalue weighted by Crippen LogP contribution is -2.13. The molecule has 176 valence electrons. The van der Waals surface area contributed by atoms with Crippen LogP contribution in [0.4, 0.5) is 9.52 Å². The fourth-order valence-electron chi connectivity index (χ4n) is 2.81. The molecule has 1 amide bonds. The van der Waals surface area contributed by atoms with Gasteiger partial charge in [0.15, 0.2) is 11.5 Å². The average molecular weight is 501 g/mol. The molecule has 0 aliphatic rings. The summed E-state index contributed by atoms with van der Waals surface area (Å²) in [5.74, 6) is -0.108. The van der Waals surface area contributed by atoms with Crippen LogP contribution < -0.4 is 14.8 Å². The highest BCUT2D eigenvalue weighted by molar-refractivity contribution is 7.15. The molecule has 7 nitrogen and oxygen atoms in total. The van der Waals surface area contributed by atoms with E-state index < -0.39 is 5.91 Å². The molecule has 0 saturated heterocycles. The van der Waals surface area contributed by atoms with Gasteiger partial charge in [0.05, 0.1) is 11.6 Å². The van der Waals surface area contributed by atoms with Crippen molar-refractivity contribution in [2.24, 2.45) is 0 Å². The summed E-state index contributed by atoms with van der Waals surface area (Å²) in [6, 6.07) is 11.0. The van der Waals surface area contributed by atoms with Crippen LogP contribution in [0.15, 0.2) is 42.0 Å². The predicted octanol–water partition coefficient (Wildman–Crippen LogP) is 5.98. The van der Waals surface area contributed by atoms with E-state index in [1.165, 1.54) is 29.5 Å². The molecule has 1 aromatic heterocycles. The van der Waals surface area contributed by atoms with Crippen LogP contribution in [0.5, 0.6) is 11.5 Å². The van der Waals surface area contributed by atoms with E-state index in [1.807, 2.05) is 26.8 Å². The first-order valence-corrected chi connectivity index (χ1v) is 11.6. The first-order valence-electron chi connectivity index (χ1n) is 10.4. The number of rotatable bonds is 9. The van der Waals surface area contributed by atoms with Crippen LogP contribution in [-0.2, 0) is 11.4 Å². The minimum atomic E-state index is -0.611. The van der Waals surface area contributed by atoms with Gasteiger partial charge < -0.3 is 9.47 Å². The number of carbonyl (C=O) groups is 1. The van der Waals surface area contributed by atoms with E-state index in [2.05, 4.69) is 15.5 Å². The zero-order valence-electron chi connectivity index (χ0n) is 18.8. The number of halogens is 2. The van der Waals surface area contributed by atoms with Crippen LogP contribution >= 0.6 is 22.9 Å². The fourth-order valence-corrected chi connectivity index (χ4v) is 3.82. The van der Waals surface area contributed by atoms with Gasteiger partial charge in [-0.1, -0.05) is 48.9 Å². The second-order valence-corrected chi connectivity index (χ2v) is 8.82. The molecule has 1 heterocycles. The van der Waals surface area contributed by atoms with Crippen molar-refractivity contribution < 1.29 is 18.7 Å². The maximum Gasteiger partial charge on any atom is 0.268 e. The molecular weight excluding hydrogens is 479 g/mol. The lowest BCUT2D eigenvalue weighted by Gasteiger charge is -2.15. The Morgan fingerprint density at radius 3 is 2.62 bits per heavy atom. The van der Waals surface area contributed by atoms with Crippen molar-refractivity contribution in [1.29, 1.82) is 5.26 Å². The zero-order valence-corrected chi connectivity index (χ0v) is 20.3. The number of nitriles is 1. The third kappa shape index (κ3) is 6.53. The molecule has 0 atom stereocenters. The molecule has 1 N–H and O–H groups in total. The van der Waals surface area contributed by atoms with Crippen molar-refractivity contribution in [1.82, 2.24) is 10.2 Å². The monoisotopic (exact) mass is 500 g/mol. The number of nitrogens with zero attached hydrogens (tertiary/aromatic N) is 3. The molecule has 0 bridgehead atoms. The van der Waals surface area contributed by atoms with Crippen LogP contribution in [0.1, 0.15) is 42.8 Å². The van der Waals surface area contributed by atoms with Crippen LogP contribution in [0, 0.1) is 17.1 Å². The van der Waals surface area contributed by atoms with Gasteiger partial charge in [-0.2, -0.15) is 5.26 Å². The standard InChI is InChI=1S/C24H22ClFN4O3S/c1-4-32-20-11-16(10-19(25)21(20)33-13-15-5-7-18(26)8-6-15)9-17(12-27)22(31)28-24-30-29-23(34-24)14(2)3/h5-11,14H,4,13H2,1-3H3,(H,28,30,31)/b17-9-. The molecule has 0 saturated carbocycles. The summed E-state index contributed by atoms with van der Waals surface area (Å²) in [6.07, 6.45) is 1.40. The number of nitrogens with one attached hydrogen (secondary N) is 1. The normalized spacial score (nSPS) is 11.3. The molecule has 0 unspecified atom stereocenters. The van der Waals surface area contributed by atoms with Crippen molar-refractivity contribution in [2.75, 3.05) is 11.9 Å². The van der Waals surface area contributed by atoms with Crippen LogP contribution in [0.2, 0.25) is 5.02 Å². The molecule has 10 heteroatoms. The fraction of sp³-hybridized carbons (Fsp3) is 0.250. The number of aromatic nitrogens is 2. The molecule has 0 fully saturated rings. The van der Waals surface area contributed by atoms with Crippen molar-refractivity contribution >= 4 is 40.1 Å². The largest absolute Gasteiger partial charge is 0.490 e. The highest BCUT2D eigenvalue weighted by Crippen LogP contribution is 2.38. The minimum absolute atomic E-state index is 0.139. The second-order valence-electron chi connectivity index (χ2n) is 7.40. The molecular formula is C24H22ClFN4O3S. The van der Waals surface area contributed by atoms with E-state index in [1.54, 1.807) is 24.3 Å². The van der Waals surface area contributed by atoms with Gasteiger partial charge in [0.1, 0.15) is 29.1 Å². The summed E-state index contributed by atoms with van der Waals surface area (Å²) in [7, 11) is 0. The number of amides is 1. The Bertz CT molecular complexity index is 1240. The molecule has 0 aliphatic carbocycles. The van der Waals surface area contributed by atoms with Crippen LogP contribution in [-0.4, -0.2) is 22.7 Å². The maximum absolute atomic E-state index is 13.1. The lowest BCUT2D eigenvalue weighted by atomic mass is 10.1. The maximum atomic E-state index is 13.1. The van der Waals surface area contributed by atoms with Gasteiger partial charge >= 0.3 is 0 Å². The van der Waals surface area contributed by atoms with Crippen LogP contribution in [0.25, 0.3) is 6.08 Å². The SMILES string of the molecule is CCOc1cc(/C=C(/C#N)C(=O)Nc2nnc(C(C)C)s2)cc(Cl)c1OCc1ccc(F)cc1. The number of ether oxygens (including phenoxy) is 2. The third-order valence-electron chi connectivity index (χ3n) is 4.46. The van der Waals surface area contributed by atoms with Crippen molar-refractivity contribution in [3.63, 3.8) is 0 Å². The molecule has 2 aromatic carbocycles. The topological polar surface area (TPSA) is 97.1 Å². The molecule has 0 radical (unpaired) electrons. The summed E-state index contributed by atoms with van der Waals surface area (Å²) in [5, 5.41) is 21.4. The van der Waals surface area contributed by atoms with Gasteiger partial charge in [-0.3, -0.25) is 10.1 Å². The highest BCUT2D eigenvalue weighted by atomic mass is 35.5. The van der Waals surface area contributed by atoms with Gasteiger partial charge in [-0.25, -0.2) is 4.39 Å². The Morgan fingerprint density at radius 2 is 2.00 bits per heavy atom. The molecule has 34 heavy (non-hydrogen) atoms. The number of benzene rings is 2. The van der Waals surface area contributed by atoms with E-state index in [0.717, 1.165) is 10.6 Å². The van der Waals surface area contributed by atoms with Crippen molar-refractivity contribution in [2.45, 2.75) is 33.3 Å². The quantitative estimate of drug-likeness (QED) is 0.287. The van der Waals surface area contributed by atoms with Gasteiger partial charge in [0.25, 0.3) is 5.91 Å². The van der Waals surface area contributed by atoms with Gasteiger partial charge in [0, 0.05) is 5.92 Å². The Kier molecular flexibility index (Phi) is 8.57. The molecule has 3 aromatic rings. The van der Waals surface area contributed by atoms with Crippen LogP contribution in [0.3, 0.4) is 0 Å². The first-order chi connectivity index (χ1) is 16.3. The Balaban J connectivity index is 1.82. The summed E-state index contributed by atoms with van der Waals surface area (Å²) < 4.78 is 24.6. The van der Waals surface area contributed by atoms with E-state index in [9.17, 15) is 14.4 Å². The van der Waals surface area contributed by atoms with E-state index >= 15 is 0 Å². The first kappa shape index (κ1) is 25.1. The predicted molar refractivity (Wildman–Crippen MR) is 130 cm³/mol. The second kappa shape index (κ2) is 11.6. The number of anilines is 1. The Labute approximate surface area is 205 Å². The average Bonchev–Trinajstić information content (AvgIpc) is 3.27. The van der Waals surface area contributed by atoms with E-state index in [4.69, 9.17) is 21.1 Å². The molecule has 0 aliphatic heterocycles. The summed E-state index contributed by atoms with van der Waals surface area (Å²) >= 11 is 7.69. The van der Waals surface area contributed by atoms with E-state index in [0.29, 0.717) is 28.8 Å². The Morgan fingerprint density at radius 1 is 1.26 bits per heavy atom. The zero-order chi connectivity index (χ0) is 24.7. The Hall–Kier alpha value is -3.48. The van der Waals surface area contributed by atoms with Gasteiger partial charge in [0.2, 0.25) is 5.13 Å². The smallest absolute Gasteiger partial charge is 0.268 e. The lowest BCUT2D eigenvalue weighted by molar-refractivity contribution is -0.112. The molecule has 3 rings (SSSR count). The minimum Gasteiger partial charge on any atom is -0.490 e. The summed E-state index contributed by atoms with van der Waals surface area (Å²) in [5.41, 5.74) is 1.10. The number of hydrogen-bond donors (Lipinski definition) is 1. The van der Waals surface area contributed by atoms with Gasteiger partial charge in [-0.15, -0.1) is 10.2 Å². The summed E-state index contributed by atoms with van der Waals surface area (Å²) in [6.45, 7) is 6.25. The molecule has 0 spiro atoms. The van der Waals surface area contributed by atoms with E-state index in [-0.39, 0.29) is 28.9 Å². The highest BCUT2D eigenvalue weighted by Gasteiger charge is 2.17. The third-order valence-corrected chi connectivity index (χ3v) is 5.88. The van der Waals surface area contributed by atoms with Crippen molar-refractivity contribution in [3.05, 3.63) is 68.9 Å². The number of hydrogen-bond acceptors (Lipinski definition) is 7. The van der Waals surface area contributed by atoms with Crippen molar-refractivity contribution in [3.8, 4) is 17.6 Å².